The van der Waals surface area contributed by atoms with Crippen molar-refractivity contribution in [2.24, 2.45) is 0 Å². The van der Waals surface area contributed by atoms with Crippen LogP contribution in [0.4, 0.5) is 0 Å². The molecule has 0 bridgehead atoms. The Kier molecular flexibility index (Phi) is 4.90. The summed E-state index contributed by atoms with van der Waals surface area (Å²) in [6.07, 6.45) is 5.31. The molecule has 2 nitrogen and oxygen atoms in total. The van der Waals surface area contributed by atoms with Crippen LogP contribution in [0.25, 0.3) is 0 Å². The van der Waals surface area contributed by atoms with Crippen molar-refractivity contribution in [1.29, 1.82) is 0 Å². The average Bonchev–Trinajstić information content (AvgIpc) is 2.80. The third kappa shape index (κ3) is 3.65. The minimum atomic E-state index is 0.962. The van der Waals surface area contributed by atoms with Crippen LogP contribution in [0.2, 0.25) is 0 Å². The Morgan fingerprint density at radius 3 is 2.89 bits per heavy atom. The van der Waals surface area contributed by atoms with Crippen molar-refractivity contribution in [1.82, 2.24) is 10.3 Å². The number of nitrogens with one attached hydrogen (secondary N) is 1. The highest BCUT2D eigenvalue weighted by Crippen LogP contribution is 2.19. The fraction of sp³-hybridized carbons (Fsp3) is 0.400. The van der Waals surface area contributed by atoms with E-state index in [0.717, 1.165) is 19.4 Å². The lowest BCUT2D eigenvalue weighted by Crippen LogP contribution is -2.07. The van der Waals surface area contributed by atoms with E-state index in [1.165, 1.54) is 27.4 Å². The molecule has 0 aliphatic carbocycles. The highest BCUT2D eigenvalue weighted by Gasteiger charge is 2.04. The lowest BCUT2D eigenvalue weighted by atomic mass is 10.1. The number of aromatic nitrogens is 1. The molecule has 0 saturated heterocycles. The van der Waals surface area contributed by atoms with Crippen LogP contribution in [-0.2, 0) is 12.8 Å². The van der Waals surface area contributed by atoms with Crippen LogP contribution in [0.5, 0.6) is 0 Å². The van der Waals surface area contributed by atoms with Gasteiger partial charge in [-0.15, -0.1) is 11.3 Å². The Labute approximate surface area is 113 Å². The van der Waals surface area contributed by atoms with Crippen molar-refractivity contribution in [2.45, 2.75) is 26.2 Å². The van der Waals surface area contributed by atoms with Crippen LogP contribution in [0, 0.1) is 6.92 Å². The second-order valence-electron chi connectivity index (χ2n) is 4.53. The van der Waals surface area contributed by atoms with Gasteiger partial charge in [0.15, 0.2) is 0 Å². The predicted molar refractivity (Wildman–Crippen MR) is 78.3 cm³/mol. The van der Waals surface area contributed by atoms with E-state index in [2.05, 4.69) is 41.5 Å². The smallest absolute Gasteiger partial charge is 0.0971 e. The summed E-state index contributed by atoms with van der Waals surface area (Å²) in [5.41, 5.74) is 2.73. The monoisotopic (exact) mass is 260 g/mol. The number of hydrogen-bond donors (Lipinski definition) is 1. The normalized spacial score (nSPS) is 10.8. The van der Waals surface area contributed by atoms with Crippen molar-refractivity contribution in [2.75, 3.05) is 13.6 Å². The molecule has 0 fully saturated rings. The number of aryl methyl sites for hydroxylation is 2. The molecular formula is C15H20N2S. The fourth-order valence-electron chi connectivity index (χ4n) is 1.96. The summed E-state index contributed by atoms with van der Waals surface area (Å²) in [5.74, 6) is 0. The topological polar surface area (TPSA) is 24.9 Å². The van der Waals surface area contributed by atoms with Crippen LogP contribution in [-0.4, -0.2) is 18.6 Å². The number of rotatable bonds is 6. The molecule has 18 heavy (non-hydrogen) atoms. The van der Waals surface area contributed by atoms with Crippen LogP contribution in [0.15, 0.2) is 30.5 Å². The van der Waals surface area contributed by atoms with E-state index in [1.54, 1.807) is 0 Å². The van der Waals surface area contributed by atoms with Gasteiger partial charge in [0, 0.05) is 17.5 Å². The molecule has 3 heteroatoms. The van der Waals surface area contributed by atoms with Gasteiger partial charge in [0.2, 0.25) is 0 Å². The van der Waals surface area contributed by atoms with Crippen molar-refractivity contribution in [3.05, 3.63) is 51.5 Å². The lowest BCUT2D eigenvalue weighted by Gasteiger charge is -2.02. The van der Waals surface area contributed by atoms with Gasteiger partial charge in [0.1, 0.15) is 0 Å². The Bertz CT molecular complexity index is 491. The van der Waals surface area contributed by atoms with E-state index in [1.807, 2.05) is 24.6 Å². The minimum Gasteiger partial charge on any atom is -0.320 e. The van der Waals surface area contributed by atoms with Gasteiger partial charge in [-0.3, -0.25) is 0 Å². The highest BCUT2D eigenvalue weighted by molar-refractivity contribution is 7.11. The summed E-state index contributed by atoms with van der Waals surface area (Å²) in [7, 11) is 2.00. The molecule has 0 atom stereocenters. The molecule has 0 amide bonds. The van der Waals surface area contributed by atoms with E-state index in [9.17, 15) is 0 Å². The third-order valence-electron chi connectivity index (χ3n) is 3.05. The second kappa shape index (κ2) is 6.66. The maximum atomic E-state index is 4.53. The molecule has 1 aromatic heterocycles. The maximum absolute atomic E-state index is 4.53. The molecular weight excluding hydrogens is 240 g/mol. The molecule has 0 aliphatic rings. The van der Waals surface area contributed by atoms with Crippen molar-refractivity contribution in [3.63, 3.8) is 0 Å². The third-order valence-corrected chi connectivity index (χ3v) is 4.11. The molecule has 0 aliphatic heterocycles. The number of hydrogen-bond acceptors (Lipinski definition) is 3. The molecule has 1 aromatic carbocycles. The highest BCUT2D eigenvalue weighted by atomic mass is 32.1. The Balaban J connectivity index is 1.96. The van der Waals surface area contributed by atoms with Crippen LogP contribution in [0.1, 0.15) is 27.4 Å². The fourth-order valence-corrected chi connectivity index (χ4v) is 2.94. The molecule has 2 aromatic rings. The Morgan fingerprint density at radius 2 is 2.11 bits per heavy atom. The first kappa shape index (κ1) is 13.2. The van der Waals surface area contributed by atoms with Crippen molar-refractivity contribution >= 4 is 11.3 Å². The van der Waals surface area contributed by atoms with Crippen molar-refractivity contribution < 1.29 is 0 Å². The summed E-state index contributed by atoms with van der Waals surface area (Å²) in [6, 6.07) is 8.54. The lowest BCUT2D eigenvalue weighted by molar-refractivity contribution is 0.729. The predicted octanol–water partition coefficient (Wildman–Crippen LogP) is 3.19. The largest absolute Gasteiger partial charge is 0.320 e. The zero-order chi connectivity index (χ0) is 12.8. The molecule has 2 rings (SSSR count). The first-order valence-corrected chi connectivity index (χ1v) is 7.24. The number of benzene rings is 1. The van der Waals surface area contributed by atoms with Crippen LogP contribution < -0.4 is 5.32 Å². The summed E-state index contributed by atoms with van der Waals surface area (Å²) < 4.78 is 0. The van der Waals surface area contributed by atoms with Gasteiger partial charge in [-0.2, -0.15) is 0 Å². The van der Waals surface area contributed by atoms with Gasteiger partial charge in [0.05, 0.1) is 5.01 Å². The van der Waals surface area contributed by atoms with E-state index in [-0.39, 0.29) is 0 Å². The summed E-state index contributed by atoms with van der Waals surface area (Å²) in [5, 5.41) is 4.40. The van der Waals surface area contributed by atoms with Crippen molar-refractivity contribution in [3.8, 4) is 0 Å². The average molecular weight is 260 g/mol. The van der Waals surface area contributed by atoms with Gasteiger partial charge in [-0.1, -0.05) is 24.3 Å². The maximum Gasteiger partial charge on any atom is 0.0971 e. The van der Waals surface area contributed by atoms with Gasteiger partial charge in [-0.05, 0) is 44.5 Å². The van der Waals surface area contributed by atoms with Crippen LogP contribution in [0.3, 0.4) is 0 Å². The molecule has 0 spiro atoms. The van der Waals surface area contributed by atoms with E-state index >= 15 is 0 Å². The molecule has 0 radical (unpaired) electrons. The van der Waals surface area contributed by atoms with Gasteiger partial charge in [-0.25, -0.2) is 4.98 Å². The van der Waals surface area contributed by atoms with Gasteiger partial charge >= 0.3 is 0 Å². The Hall–Kier alpha value is -1.19. The molecule has 0 saturated carbocycles. The summed E-state index contributed by atoms with van der Waals surface area (Å²) in [4.78, 5) is 5.93. The van der Waals surface area contributed by atoms with Crippen LogP contribution >= 0.6 is 11.3 Å². The molecule has 96 valence electrons. The van der Waals surface area contributed by atoms with E-state index in [4.69, 9.17) is 0 Å². The first-order valence-electron chi connectivity index (χ1n) is 6.42. The summed E-state index contributed by atoms with van der Waals surface area (Å²) in [6.45, 7) is 3.24. The quantitative estimate of drug-likeness (QED) is 0.807. The number of thiazole rings is 1. The van der Waals surface area contributed by atoms with Gasteiger partial charge < -0.3 is 5.32 Å². The number of nitrogens with zero attached hydrogens (tertiary/aromatic N) is 1. The summed E-state index contributed by atoms with van der Waals surface area (Å²) >= 11 is 1.85. The van der Waals surface area contributed by atoms with E-state index < -0.39 is 0 Å². The molecule has 1 N–H and O–H groups in total. The molecule has 0 unspecified atom stereocenters. The minimum absolute atomic E-state index is 0.962. The van der Waals surface area contributed by atoms with E-state index in [0.29, 0.717) is 0 Å². The molecule has 1 heterocycles. The first-order chi connectivity index (χ1) is 8.79. The second-order valence-corrected chi connectivity index (χ2v) is 5.73. The Morgan fingerprint density at radius 1 is 1.28 bits per heavy atom. The zero-order valence-corrected chi connectivity index (χ0v) is 11.9. The van der Waals surface area contributed by atoms with Gasteiger partial charge in [0.25, 0.3) is 0 Å². The SMILES string of the molecule is CNCCCc1cnc(Cc2ccccc2C)s1. The zero-order valence-electron chi connectivity index (χ0n) is 11.1. The standard InChI is InChI=1S/C15H20N2S/c1-12-6-3-4-7-13(12)10-15-17-11-14(18-15)8-5-9-16-2/h3-4,6-7,11,16H,5,8-10H2,1-2H3.